The van der Waals surface area contributed by atoms with Crippen LogP contribution in [0.5, 0.6) is 11.5 Å². The van der Waals surface area contributed by atoms with Crippen molar-refractivity contribution >= 4 is 11.9 Å². The van der Waals surface area contributed by atoms with Crippen LogP contribution in [0.4, 0.5) is 0 Å². The third-order valence-electron chi connectivity index (χ3n) is 6.71. The molecule has 1 aliphatic rings. The van der Waals surface area contributed by atoms with E-state index in [4.69, 9.17) is 9.47 Å². The van der Waals surface area contributed by atoms with Gasteiger partial charge in [-0.15, -0.1) is 0 Å². The Labute approximate surface area is 211 Å². The van der Waals surface area contributed by atoms with Crippen molar-refractivity contribution in [3.63, 3.8) is 0 Å². The summed E-state index contributed by atoms with van der Waals surface area (Å²) in [5.41, 5.74) is 5.08. The van der Waals surface area contributed by atoms with Crippen molar-refractivity contribution in [2.75, 3.05) is 0 Å². The van der Waals surface area contributed by atoms with E-state index in [1.165, 1.54) is 5.56 Å². The average Bonchev–Trinajstić information content (AvgIpc) is 3.06. The third kappa shape index (κ3) is 5.32. The van der Waals surface area contributed by atoms with Crippen molar-refractivity contribution in [2.45, 2.75) is 106 Å². The number of fused-ring (bicyclic) bond motifs is 1. The monoisotopic (exact) mass is 478 g/mol. The molecule has 2 aromatic carbocycles. The largest absolute Gasteiger partial charge is 0.426 e. The van der Waals surface area contributed by atoms with Gasteiger partial charge in [-0.05, 0) is 66.7 Å². The Hall–Kier alpha value is -2.62. The first-order valence-corrected chi connectivity index (χ1v) is 12.8. The zero-order chi connectivity index (χ0) is 26.5. The maximum Gasteiger partial charge on any atom is 0.323 e. The molecule has 0 amide bonds. The van der Waals surface area contributed by atoms with Gasteiger partial charge in [-0.1, -0.05) is 79.7 Å². The molecule has 0 spiro atoms. The van der Waals surface area contributed by atoms with E-state index >= 15 is 0 Å². The van der Waals surface area contributed by atoms with Crippen LogP contribution in [-0.4, -0.2) is 11.9 Å². The Balaban J connectivity index is 2.22. The van der Waals surface area contributed by atoms with E-state index in [0.717, 1.165) is 27.8 Å². The molecule has 0 radical (unpaired) electrons. The zero-order valence-corrected chi connectivity index (χ0v) is 23.4. The minimum atomic E-state index is -0.602. The maximum absolute atomic E-state index is 13.4. The second-order valence-electron chi connectivity index (χ2n) is 12.8. The Morgan fingerprint density at radius 1 is 0.857 bits per heavy atom. The lowest BCUT2D eigenvalue weighted by Gasteiger charge is -2.27. The fourth-order valence-corrected chi connectivity index (χ4v) is 4.42. The summed E-state index contributed by atoms with van der Waals surface area (Å²) >= 11 is 0. The van der Waals surface area contributed by atoms with Gasteiger partial charge >= 0.3 is 11.9 Å². The molecule has 0 bridgehead atoms. The number of rotatable bonds is 4. The molecule has 1 heterocycles. The Morgan fingerprint density at radius 3 is 1.83 bits per heavy atom. The summed E-state index contributed by atoms with van der Waals surface area (Å²) in [5, 5.41) is 0. The molecule has 2 aromatic rings. The standard InChI is InChI=1S/C31H42O4/c1-12-18-14-20(15-19(13-2)25(18)35-28(33)31(9,10)11)24-22-16-21(29(3,4)5)17-23(30(6,7)8)26(22)34-27(24)32/h14-17,24H,12-13H2,1-11H3. The summed E-state index contributed by atoms with van der Waals surface area (Å²) in [6.45, 7) is 22.7. The van der Waals surface area contributed by atoms with E-state index in [-0.39, 0.29) is 22.8 Å². The van der Waals surface area contributed by atoms with Crippen LogP contribution in [0.1, 0.15) is 115 Å². The summed E-state index contributed by atoms with van der Waals surface area (Å²) in [5.74, 6) is 0.310. The van der Waals surface area contributed by atoms with Crippen LogP contribution in [-0.2, 0) is 33.3 Å². The summed E-state index contributed by atoms with van der Waals surface area (Å²) < 4.78 is 11.9. The van der Waals surface area contributed by atoms with E-state index in [0.29, 0.717) is 24.3 Å². The minimum Gasteiger partial charge on any atom is -0.426 e. The van der Waals surface area contributed by atoms with Crippen molar-refractivity contribution in [3.8, 4) is 11.5 Å². The van der Waals surface area contributed by atoms with Gasteiger partial charge in [0.1, 0.15) is 17.4 Å². The quantitative estimate of drug-likeness (QED) is 0.339. The van der Waals surface area contributed by atoms with Crippen LogP contribution >= 0.6 is 0 Å². The van der Waals surface area contributed by atoms with Crippen molar-refractivity contribution in [2.24, 2.45) is 5.41 Å². The number of benzene rings is 2. The van der Waals surface area contributed by atoms with E-state index in [9.17, 15) is 9.59 Å². The van der Waals surface area contributed by atoms with E-state index in [1.54, 1.807) is 0 Å². The molecule has 0 N–H and O–H groups in total. The fourth-order valence-electron chi connectivity index (χ4n) is 4.42. The Kier molecular flexibility index (Phi) is 7.02. The smallest absolute Gasteiger partial charge is 0.323 e. The number of carbonyl (C=O) groups excluding carboxylic acids is 2. The molecule has 3 rings (SSSR count). The van der Waals surface area contributed by atoms with Crippen molar-refractivity contribution in [3.05, 3.63) is 57.6 Å². The van der Waals surface area contributed by atoms with Gasteiger partial charge in [0.25, 0.3) is 0 Å². The molecule has 0 saturated carbocycles. The van der Waals surface area contributed by atoms with Crippen LogP contribution in [0.2, 0.25) is 0 Å². The summed E-state index contributed by atoms with van der Waals surface area (Å²) in [7, 11) is 0. The summed E-state index contributed by atoms with van der Waals surface area (Å²) in [6, 6.07) is 8.38. The predicted octanol–water partition coefficient (Wildman–Crippen LogP) is 7.41. The number of aryl methyl sites for hydroxylation is 2. The lowest BCUT2D eigenvalue weighted by molar-refractivity contribution is -0.143. The topological polar surface area (TPSA) is 52.6 Å². The molecule has 35 heavy (non-hydrogen) atoms. The highest BCUT2D eigenvalue weighted by molar-refractivity contribution is 5.91. The van der Waals surface area contributed by atoms with Gasteiger partial charge in [-0.2, -0.15) is 0 Å². The molecule has 0 aliphatic carbocycles. The van der Waals surface area contributed by atoms with Crippen molar-refractivity contribution < 1.29 is 19.1 Å². The lowest BCUT2D eigenvalue weighted by Crippen LogP contribution is -2.26. The van der Waals surface area contributed by atoms with Crippen LogP contribution < -0.4 is 9.47 Å². The molecular weight excluding hydrogens is 436 g/mol. The molecule has 4 nitrogen and oxygen atoms in total. The molecular formula is C31H42O4. The SMILES string of the molecule is CCc1cc(C2C(=O)Oc3c2cc(C(C)(C)C)cc3C(C)(C)C)cc(CC)c1OC(=O)C(C)(C)C. The number of esters is 2. The first-order valence-electron chi connectivity index (χ1n) is 12.8. The van der Waals surface area contributed by atoms with Gasteiger partial charge in [0.15, 0.2) is 0 Å². The maximum atomic E-state index is 13.4. The molecule has 1 aliphatic heterocycles. The van der Waals surface area contributed by atoms with Crippen LogP contribution in [0.3, 0.4) is 0 Å². The molecule has 4 heteroatoms. The second-order valence-corrected chi connectivity index (χ2v) is 12.8. The van der Waals surface area contributed by atoms with E-state index in [2.05, 4.69) is 53.7 Å². The second kappa shape index (κ2) is 9.11. The molecule has 0 fully saturated rings. The van der Waals surface area contributed by atoms with Crippen LogP contribution in [0.25, 0.3) is 0 Å². The molecule has 190 valence electrons. The Bertz CT molecular complexity index is 1130. The van der Waals surface area contributed by atoms with Crippen molar-refractivity contribution in [1.82, 2.24) is 0 Å². The van der Waals surface area contributed by atoms with Gasteiger partial charge in [-0.3, -0.25) is 9.59 Å². The van der Waals surface area contributed by atoms with Crippen LogP contribution in [0, 0.1) is 5.41 Å². The Morgan fingerprint density at radius 2 is 1.40 bits per heavy atom. The van der Waals surface area contributed by atoms with Crippen LogP contribution in [0.15, 0.2) is 24.3 Å². The number of carbonyl (C=O) groups is 2. The number of hydrogen-bond acceptors (Lipinski definition) is 4. The van der Waals surface area contributed by atoms with Gasteiger partial charge < -0.3 is 9.47 Å². The molecule has 1 atom stereocenters. The molecule has 0 saturated heterocycles. The first kappa shape index (κ1) is 27.0. The number of hydrogen-bond donors (Lipinski definition) is 0. The minimum absolute atomic E-state index is 0.0700. The number of ether oxygens (including phenoxy) is 2. The van der Waals surface area contributed by atoms with Crippen molar-refractivity contribution in [1.29, 1.82) is 0 Å². The highest BCUT2D eigenvalue weighted by Crippen LogP contribution is 2.48. The third-order valence-corrected chi connectivity index (χ3v) is 6.71. The average molecular weight is 479 g/mol. The highest BCUT2D eigenvalue weighted by atomic mass is 16.5. The zero-order valence-electron chi connectivity index (χ0n) is 23.4. The first-order chi connectivity index (χ1) is 16.0. The van der Waals surface area contributed by atoms with E-state index < -0.39 is 11.3 Å². The summed E-state index contributed by atoms with van der Waals surface area (Å²) in [4.78, 5) is 26.1. The fraction of sp³-hybridized carbons (Fsp3) is 0.548. The normalized spacial score (nSPS) is 16.2. The van der Waals surface area contributed by atoms with Gasteiger partial charge in [0.2, 0.25) is 0 Å². The molecule has 0 aromatic heterocycles. The van der Waals surface area contributed by atoms with Gasteiger partial charge in [0, 0.05) is 11.1 Å². The summed E-state index contributed by atoms with van der Waals surface area (Å²) in [6.07, 6.45) is 1.38. The predicted molar refractivity (Wildman–Crippen MR) is 142 cm³/mol. The lowest BCUT2D eigenvalue weighted by atomic mass is 9.77. The van der Waals surface area contributed by atoms with Gasteiger partial charge in [-0.25, -0.2) is 0 Å². The molecule has 1 unspecified atom stereocenters. The van der Waals surface area contributed by atoms with E-state index in [1.807, 2.05) is 46.8 Å². The van der Waals surface area contributed by atoms with Gasteiger partial charge in [0.05, 0.1) is 5.41 Å². The highest BCUT2D eigenvalue weighted by Gasteiger charge is 2.40.